The van der Waals surface area contributed by atoms with Crippen LogP contribution in [0.5, 0.6) is 0 Å². The number of rotatable bonds is 11. The molecule has 0 saturated carbocycles. The molecule has 0 bridgehead atoms. The first-order valence-electron chi connectivity index (χ1n) is 6.30. The number of aliphatic hydroxyl groups excluding tert-OH is 1. The summed E-state index contributed by atoms with van der Waals surface area (Å²) in [5.41, 5.74) is -1.91. The summed E-state index contributed by atoms with van der Waals surface area (Å²) in [6.07, 6.45) is 1.32. The van der Waals surface area contributed by atoms with Crippen LogP contribution in [0.25, 0.3) is 0 Å². The summed E-state index contributed by atoms with van der Waals surface area (Å²) in [5, 5.41) is 27.5. The van der Waals surface area contributed by atoms with Gasteiger partial charge in [-0.2, -0.15) is 0 Å². The zero-order valence-electron chi connectivity index (χ0n) is 11.7. The molecule has 0 amide bonds. The van der Waals surface area contributed by atoms with Crippen molar-refractivity contribution >= 4 is 17.9 Å². The zero-order valence-corrected chi connectivity index (χ0v) is 11.7. The van der Waals surface area contributed by atoms with Gasteiger partial charge in [-0.3, -0.25) is 14.4 Å². The number of aliphatic hydroxyl groups is 1. The molecule has 0 aliphatic heterocycles. The number of carbonyl (C=O) groups excluding carboxylic acids is 1. The smallest absolute Gasteiger partial charge is 0.311 e. The highest BCUT2D eigenvalue weighted by Gasteiger charge is 2.50. The Morgan fingerprint density at radius 1 is 1.19 bits per heavy atom. The Hall–Kier alpha value is -2.15. The van der Waals surface area contributed by atoms with Gasteiger partial charge in [0.05, 0.1) is 17.8 Å². The van der Waals surface area contributed by atoms with Crippen LogP contribution in [-0.2, 0) is 19.1 Å². The van der Waals surface area contributed by atoms with Crippen molar-refractivity contribution in [1.29, 1.82) is 0 Å². The van der Waals surface area contributed by atoms with Crippen LogP contribution in [0.15, 0.2) is 25.3 Å². The summed E-state index contributed by atoms with van der Waals surface area (Å²) in [7, 11) is 0. The predicted octanol–water partition coefficient (Wildman–Crippen LogP) is 0.836. The Balaban J connectivity index is 5.68. The van der Waals surface area contributed by atoms with Gasteiger partial charge < -0.3 is 20.1 Å². The molecule has 0 rings (SSSR count). The van der Waals surface area contributed by atoms with Gasteiger partial charge in [-0.05, 0) is 12.8 Å². The van der Waals surface area contributed by atoms with Crippen LogP contribution in [0, 0.1) is 11.3 Å². The van der Waals surface area contributed by atoms with Gasteiger partial charge in [-0.25, -0.2) is 0 Å². The van der Waals surface area contributed by atoms with Crippen molar-refractivity contribution in [3.8, 4) is 0 Å². The van der Waals surface area contributed by atoms with Gasteiger partial charge in [0.15, 0.2) is 0 Å². The Morgan fingerprint density at radius 2 is 1.81 bits per heavy atom. The molecular weight excluding hydrogens is 280 g/mol. The first-order valence-corrected chi connectivity index (χ1v) is 6.30. The topological polar surface area (TPSA) is 121 Å². The SMILES string of the molecule is C=CCOC(=O)C(CCO)C(CC=C)(CC(=O)O)C(=O)O. The third kappa shape index (κ3) is 5.03. The molecule has 3 N–H and O–H groups in total. The van der Waals surface area contributed by atoms with Gasteiger partial charge in [0.25, 0.3) is 0 Å². The van der Waals surface area contributed by atoms with E-state index in [-0.39, 0.29) is 19.4 Å². The van der Waals surface area contributed by atoms with E-state index in [9.17, 15) is 19.5 Å². The summed E-state index contributed by atoms with van der Waals surface area (Å²) in [6.45, 7) is 6.18. The summed E-state index contributed by atoms with van der Waals surface area (Å²) in [4.78, 5) is 34.7. The van der Waals surface area contributed by atoms with E-state index in [2.05, 4.69) is 13.2 Å². The number of esters is 1. The molecule has 118 valence electrons. The van der Waals surface area contributed by atoms with E-state index in [1.165, 1.54) is 12.2 Å². The fourth-order valence-electron chi connectivity index (χ4n) is 2.17. The fourth-order valence-corrected chi connectivity index (χ4v) is 2.17. The normalized spacial score (nSPS) is 14.5. The predicted molar refractivity (Wildman–Crippen MR) is 73.5 cm³/mol. The van der Waals surface area contributed by atoms with Crippen molar-refractivity contribution in [2.45, 2.75) is 19.3 Å². The molecule has 7 heteroatoms. The van der Waals surface area contributed by atoms with Crippen molar-refractivity contribution in [2.24, 2.45) is 11.3 Å². The highest BCUT2D eigenvalue weighted by molar-refractivity contribution is 5.88. The largest absolute Gasteiger partial charge is 0.481 e. The molecule has 0 radical (unpaired) electrons. The van der Waals surface area contributed by atoms with Crippen LogP contribution >= 0.6 is 0 Å². The molecule has 0 fully saturated rings. The van der Waals surface area contributed by atoms with Crippen molar-refractivity contribution in [2.75, 3.05) is 13.2 Å². The lowest BCUT2D eigenvalue weighted by molar-refractivity contribution is -0.170. The summed E-state index contributed by atoms with van der Waals surface area (Å²) in [5.74, 6) is -4.99. The molecule has 0 aromatic rings. The number of carboxylic acids is 2. The van der Waals surface area contributed by atoms with E-state index < -0.39 is 42.3 Å². The lowest BCUT2D eigenvalue weighted by Gasteiger charge is -2.33. The Labute approximate surface area is 122 Å². The molecule has 0 spiro atoms. The van der Waals surface area contributed by atoms with Gasteiger partial charge in [-0.1, -0.05) is 18.7 Å². The van der Waals surface area contributed by atoms with Crippen molar-refractivity contribution in [3.63, 3.8) is 0 Å². The van der Waals surface area contributed by atoms with Crippen LogP contribution < -0.4 is 0 Å². The molecule has 0 saturated heterocycles. The van der Waals surface area contributed by atoms with E-state index in [4.69, 9.17) is 14.9 Å². The van der Waals surface area contributed by atoms with Crippen molar-refractivity contribution < 1.29 is 34.4 Å². The molecule has 21 heavy (non-hydrogen) atoms. The molecule has 0 aromatic carbocycles. The minimum atomic E-state index is -1.91. The summed E-state index contributed by atoms with van der Waals surface area (Å²) < 4.78 is 4.83. The van der Waals surface area contributed by atoms with E-state index in [1.807, 2.05) is 0 Å². The molecule has 7 nitrogen and oxygen atoms in total. The van der Waals surface area contributed by atoms with Gasteiger partial charge in [0, 0.05) is 6.61 Å². The van der Waals surface area contributed by atoms with Crippen LogP contribution in [0.1, 0.15) is 19.3 Å². The molecule has 0 aliphatic carbocycles. The van der Waals surface area contributed by atoms with E-state index in [0.717, 1.165) is 0 Å². The van der Waals surface area contributed by atoms with Gasteiger partial charge in [0.1, 0.15) is 6.61 Å². The third-order valence-corrected chi connectivity index (χ3v) is 3.11. The van der Waals surface area contributed by atoms with Gasteiger partial charge in [-0.15, -0.1) is 6.58 Å². The Bertz CT molecular complexity index is 416. The molecule has 0 heterocycles. The maximum Gasteiger partial charge on any atom is 0.311 e. The first-order chi connectivity index (χ1) is 9.85. The number of allylic oxidation sites excluding steroid dienone is 1. The summed E-state index contributed by atoms with van der Waals surface area (Å²) in [6, 6.07) is 0. The molecule has 2 unspecified atom stereocenters. The lowest BCUT2D eigenvalue weighted by Crippen LogP contribution is -2.45. The number of aliphatic carboxylic acids is 2. The minimum Gasteiger partial charge on any atom is -0.481 e. The first kappa shape index (κ1) is 18.9. The Morgan fingerprint density at radius 3 is 2.19 bits per heavy atom. The average Bonchev–Trinajstić information content (AvgIpc) is 2.40. The molecule has 0 aromatic heterocycles. The van der Waals surface area contributed by atoms with Crippen LogP contribution in [-0.4, -0.2) is 46.4 Å². The fraction of sp³-hybridized carbons (Fsp3) is 0.500. The second kappa shape index (κ2) is 8.91. The standard InChI is InChI=1S/C14H20O7/c1-3-6-14(13(19)20,9-11(16)17)10(5-7-15)12(18)21-8-4-2/h3-4,10,15H,1-2,5-9H2,(H,16,17)(H,19,20). The number of ether oxygens (including phenoxy) is 1. The van der Waals surface area contributed by atoms with Crippen molar-refractivity contribution in [3.05, 3.63) is 25.3 Å². The molecular formula is C14H20O7. The number of hydrogen-bond donors (Lipinski definition) is 3. The number of hydrogen-bond acceptors (Lipinski definition) is 5. The second-order valence-electron chi connectivity index (χ2n) is 4.51. The van der Waals surface area contributed by atoms with E-state index in [0.29, 0.717) is 0 Å². The average molecular weight is 300 g/mol. The highest BCUT2D eigenvalue weighted by Crippen LogP contribution is 2.39. The summed E-state index contributed by atoms with van der Waals surface area (Å²) >= 11 is 0. The second-order valence-corrected chi connectivity index (χ2v) is 4.51. The minimum absolute atomic E-state index is 0.127. The van der Waals surface area contributed by atoms with Gasteiger partial charge >= 0.3 is 17.9 Å². The Kier molecular flexibility index (Phi) is 8.00. The number of carboxylic acid groups (broad SMARTS) is 2. The molecule has 2 atom stereocenters. The highest BCUT2D eigenvalue weighted by atomic mass is 16.5. The number of carbonyl (C=O) groups is 3. The maximum absolute atomic E-state index is 12.0. The van der Waals surface area contributed by atoms with Crippen LogP contribution in [0.3, 0.4) is 0 Å². The lowest BCUT2D eigenvalue weighted by atomic mass is 9.69. The molecule has 0 aliphatic rings. The van der Waals surface area contributed by atoms with E-state index >= 15 is 0 Å². The quantitative estimate of drug-likeness (QED) is 0.382. The van der Waals surface area contributed by atoms with Gasteiger partial charge in [0.2, 0.25) is 0 Å². The van der Waals surface area contributed by atoms with E-state index in [1.54, 1.807) is 0 Å². The van der Waals surface area contributed by atoms with Crippen LogP contribution in [0.4, 0.5) is 0 Å². The third-order valence-electron chi connectivity index (χ3n) is 3.11. The van der Waals surface area contributed by atoms with Crippen molar-refractivity contribution in [1.82, 2.24) is 0 Å². The monoisotopic (exact) mass is 300 g/mol. The van der Waals surface area contributed by atoms with Crippen LogP contribution in [0.2, 0.25) is 0 Å². The maximum atomic E-state index is 12.0. The zero-order chi connectivity index (χ0) is 16.5.